The van der Waals surface area contributed by atoms with Crippen molar-refractivity contribution in [1.29, 1.82) is 0 Å². The van der Waals surface area contributed by atoms with Crippen LogP contribution in [0.5, 0.6) is 0 Å². The number of rotatable bonds is 0. The Bertz CT molecular complexity index is 629. The van der Waals surface area contributed by atoms with Crippen molar-refractivity contribution >= 4 is 10.8 Å². The van der Waals surface area contributed by atoms with Gasteiger partial charge in [0.15, 0.2) is 0 Å². The van der Waals surface area contributed by atoms with Crippen LogP contribution in [0.15, 0.2) is 48.5 Å². The highest BCUT2D eigenvalue weighted by molar-refractivity contribution is 5.97. The Kier molecular flexibility index (Phi) is 1.20. The highest BCUT2D eigenvalue weighted by Crippen LogP contribution is 2.42. The quantitative estimate of drug-likeness (QED) is 0.395. The summed E-state index contributed by atoms with van der Waals surface area (Å²) in [6, 6.07) is 17.7. The lowest BCUT2D eigenvalue weighted by molar-refractivity contribution is 1.28. The Hall–Kier alpha value is -1.82. The molecule has 1 aliphatic rings. The van der Waals surface area contributed by atoms with Gasteiger partial charge < -0.3 is 0 Å². The zero-order chi connectivity index (χ0) is 9.83. The molecule has 0 radical (unpaired) electrons. The molecule has 0 saturated heterocycles. The molecule has 2 bridgehead atoms. The third-order valence-corrected chi connectivity index (χ3v) is 3.48. The SMILES string of the molecule is c1ccc2c(c1)Cc1c-2c2ccc1cc2. The number of benzene rings is 4. The van der Waals surface area contributed by atoms with Crippen molar-refractivity contribution in [2.24, 2.45) is 0 Å². The maximum atomic E-state index is 2.24. The molecular weight excluding hydrogens is 180 g/mol. The second-order valence-corrected chi connectivity index (χ2v) is 4.26. The first-order valence-electron chi connectivity index (χ1n) is 5.36. The molecule has 0 fully saturated rings. The monoisotopic (exact) mass is 190 g/mol. The van der Waals surface area contributed by atoms with Gasteiger partial charge in [-0.05, 0) is 39.4 Å². The molecule has 70 valence electrons. The van der Waals surface area contributed by atoms with E-state index in [4.69, 9.17) is 0 Å². The van der Waals surface area contributed by atoms with E-state index in [2.05, 4.69) is 48.5 Å². The predicted molar refractivity (Wildman–Crippen MR) is 63.4 cm³/mol. The Labute approximate surface area is 88.5 Å². The lowest BCUT2D eigenvalue weighted by atomic mass is 9.96. The minimum Gasteiger partial charge on any atom is -0.0619 e. The molecule has 0 amide bonds. The van der Waals surface area contributed by atoms with Gasteiger partial charge in [-0.1, -0.05) is 48.5 Å². The van der Waals surface area contributed by atoms with Crippen molar-refractivity contribution in [3.8, 4) is 11.1 Å². The number of hydrogen-bond acceptors (Lipinski definition) is 0. The van der Waals surface area contributed by atoms with Crippen LogP contribution in [0, 0.1) is 0 Å². The molecule has 0 aromatic heterocycles. The zero-order valence-electron chi connectivity index (χ0n) is 8.33. The van der Waals surface area contributed by atoms with Crippen LogP contribution >= 0.6 is 0 Å². The molecule has 0 heterocycles. The summed E-state index contributed by atoms with van der Waals surface area (Å²) in [6.07, 6.45) is 1.11. The molecule has 0 spiro atoms. The summed E-state index contributed by atoms with van der Waals surface area (Å²) in [5.41, 5.74) is 5.92. The maximum Gasteiger partial charge on any atom is -0.000728 e. The smallest absolute Gasteiger partial charge is 0.000728 e. The van der Waals surface area contributed by atoms with E-state index in [0.29, 0.717) is 0 Å². The third kappa shape index (κ3) is 0.822. The Morgan fingerprint density at radius 2 is 1.47 bits per heavy atom. The Morgan fingerprint density at radius 1 is 0.733 bits per heavy atom. The molecule has 0 atom stereocenters. The van der Waals surface area contributed by atoms with Gasteiger partial charge in [-0.15, -0.1) is 0 Å². The van der Waals surface area contributed by atoms with E-state index in [1.165, 1.54) is 33.0 Å². The fourth-order valence-corrected chi connectivity index (χ4v) is 2.77. The van der Waals surface area contributed by atoms with Gasteiger partial charge >= 0.3 is 0 Å². The highest BCUT2D eigenvalue weighted by atomic mass is 14.2. The molecule has 0 saturated carbocycles. The van der Waals surface area contributed by atoms with Gasteiger partial charge in [0.25, 0.3) is 0 Å². The highest BCUT2D eigenvalue weighted by Gasteiger charge is 2.21. The van der Waals surface area contributed by atoms with Gasteiger partial charge in [0.2, 0.25) is 0 Å². The van der Waals surface area contributed by atoms with Gasteiger partial charge in [0.1, 0.15) is 0 Å². The van der Waals surface area contributed by atoms with Crippen LogP contribution in [0.3, 0.4) is 0 Å². The summed E-state index contributed by atoms with van der Waals surface area (Å²) in [5.74, 6) is 0. The molecule has 1 aliphatic carbocycles. The maximum absolute atomic E-state index is 2.24. The molecule has 4 aromatic rings. The lowest BCUT2D eigenvalue weighted by Crippen LogP contribution is -1.85. The minimum absolute atomic E-state index is 1.11. The lowest BCUT2D eigenvalue weighted by Gasteiger charge is -2.08. The van der Waals surface area contributed by atoms with E-state index >= 15 is 0 Å². The van der Waals surface area contributed by atoms with Gasteiger partial charge in [0, 0.05) is 0 Å². The van der Waals surface area contributed by atoms with Crippen LogP contribution in [-0.4, -0.2) is 0 Å². The molecule has 0 heteroatoms. The first-order valence-corrected chi connectivity index (χ1v) is 5.36. The van der Waals surface area contributed by atoms with Gasteiger partial charge in [-0.3, -0.25) is 0 Å². The largest absolute Gasteiger partial charge is 0.0619 e. The zero-order valence-corrected chi connectivity index (χ0v) is 8.33. The molecule has 15 heavy (non-hydrogen) atoms. The molecular formula is C15H10. The summed E-state index contributed by atoms with van der Waals surface area (Å²) in [7, 11) is 0. The standard InChI is InChI=1S/C15H10/c1-2-4-13-12(3-1)9-14-10-5-7-11(8-6-10)15(13)14/h1-8H,9H2. The fourth-order valence-electron chi connectivity index (χ4n) is 2.77. The van der Waals surface area contributed by atoms with Crippen LogP contribution in [0.2, 0.25) is 0 Å². The second-order valence-electron chi connectivity index (χ2n) is 4.26. The summed E-state index contributed by atoms with van der Waals surface area (Å²) in [6.45, 7) is 0. The normalized spacial score (nSPS) is 13.1. The van der Waals surface area contributed by atoms with Gasteiger partial charge in [-0.2, -0.15) is 0 Å². The summed E-state index contributed by atoms with van der Waals surface area (Å²) in [4.78, 5) is 0. The molecule has 4 aromatic carbocycles. The molecule has 0 nitrogen and oxygen atoms in total. The van der Waals surface area contributed by atoms with Crippen molar-refractivity contribution in [3.63, 3.8) is 0 Å². The molecule has 0 N–H and O–H groups in total. The van der Waals surface area contributed by atoms with Crippen LogP contribution in [0.25, 0.3) is 21.9 Å². The van der Waals surface area contributed by atoms with E-state index in [1.807, 2.05) is 0 Å². The van der Waals surface area contributed by atoms with Crippen LogP contribution in [0.4, 0.5) is 0 Å². The van der Waals surface area contributed by atoms with Crippen LogP contribution in [0.1, 0.15) is 11.1 Å². The summed E-state index contributed by atoms with van der Waals surface area (Å²) >= 11 is 0. The van der Waals surface area contributed by atoms with Crippen molar-refractivity contribution in [3.05, 3.63) is 59.7 Å². The topological polar surface area (TPSA) is 0 Å². The molecule has 0 unspecified atom stereocenters. The van der Waals surface area contributed by atoms with Crippen molar-refractivity contribution in [1.82, 2.24) is 0 Å². The van der Waals surface area contributed by atoms with Crippen LogP contribution < -0.4 is 0 Å². The van der Waals surface area contributed by atoms with E-state index in [0.717, 1.165) is 6.42 Å². The van der Waals surface area contributed by atoms with E-state index in [1.54, 1.807) is 0 Å². The van der Waals surface area contributed by atoms with Crippen LogP contribution in [-0.2, 0) is 6.42 Å². The van der Waals surface area contributed by atoms with E-state index < -0.39 is 0 Å². The van der Waals surface area contributed by atoms with Gasteiger partial charge in [-0.25, -0.2) is 0 Å². The fraction of sp³-hybridized carbons (Fsp3) is 0.0667. The van der Waals surface area contributed by atoms with E-state index in [-0.39, 0.29) is 0 Å². The first-order chi connectivity index (χ1) is 7.43. The average Bonchev–Trinajstić information content (AvgIpc) is 2.71. The Morgan fingerprint density at radius 3 is 2.33 bits per heavy atom. The van der Waals surface area contributed by atoms with Crippen molar-refractivity contribution in [2.45, 2.75) is 6.42 Å². The average molecular weight is 190 g/mol. The number of fused-ring (bicyclic) bond motifs is 3. The third-order valence-electron chi connectivity index (χ3n) is 3.48. The summed E-state index contributed by atoms with van der Waals surface area (Å²) < 4.78 is 0. The summed E-state index contributed by atoms with van der Waals surface area (Å²) in [5, 5.41) is 2.78. The minimum atomic E-state index is 1.11. The van der Waals surface area contributed by atoms with Gasteiger partial charge in [0.05, 0.1) is 0 Å². The van der Waals surface area contributed by atoms with Crippen molar-refractivity contribution in [2.75, 3.05) is 0 Å². The molecule has 5 rings (SSSR count). The second kappa shape index (κ2) is 2.40. The molecule has 0 aliphatic heterocycles. The Balaban J connectivity index is 2.20. The van der Waals surface area contributed by atoms with Crippen molar-refractivity contribution < 1.29 is 0 Å². The number of hydrogen-bond donors (Lipinski definition) is 0. The predicted octanol–water partition coefficient (Wildman–Crippen LogP) is 3.85. The van der Waals surface area contributed by atoms with E-state index in [9.17, 15) is 0 Å². The first kappa shape index (κ1) is 7.47.